The summed E-state index contributed by atoms with van der Waals surface area (Å²) in [7, 11) is -4.13. The van der Waals surface area contributed by atoms with Crippen LogP contribution >= 0.6 is 7.71 Å². The number of methoxy groups -OCH3 is 1. The van der Waals surface area contributed by atoms with E-state index in [0.717, 1.165) is 21.7 Å². The lowest BCUT2D eigenvalue weighted by Crippen LogP contribution is -2.13. The molecule has 6 heteroatoms. The van der Waals surface area contributed by atoms with Crippen molar-refractivity contribution in [3.63, 3.8) is 0 Å². The highest BCUT2D eigenvalue weighted by molar-refractivity contribution is 7.94. The van der Waals surface area contributed by atoms with Gasteiger partial charge in [-0.25, -0.2) is 0 Å². The van der Waals surface area contributed by atoms with E-state index in [0.29, 0.717) is 5.75 Å². The van der Waals surface area contributed by atoms with Gasteiger partial charge in [0.25, 0.3) is 10.0 Å². The van der Waals surface area contributed by atoms with E-state index in [-0.39, 0.29) is 4.90 Å². The molecule has 0 bridgehead atoms. The quantitative estimate of drug-likeness (QED) is 0.608. The molecule has 3 aromatic carbocycles. The van der Waals surface area contributed by atoms with Crippen molar-refractivity contribution >= 4 is 28.3 Å². The van der Waals surface area contributed by atoms with E-state index in [1.807, 2.05) is 62.4 Å². The Morgan fingerprint density at radius 1 is 0.778 bits per heavy atom. The molecule has 0 N–H and O–H groups in total. The molecule has 0 amide bonds. The summed E-state index contributed by atoms with van der Waals surface area (Å²) in [4.78, 5) is 0.174. The highest BCUT2D eigenvalue weighted by atomic mass is 32.2. The smallest absolute Gasteiger partial charge is 0.281 e. The summed E-state index contributed by atoms with van der Waals surface area (Å²) in [5, 5.41) is 1.96. The monoisotopic (exact) mass is 399 g/mol. The van der Waals surface area contributed by atoms with Gasteiger partial charge in [-0.15, -0.1) is 0 Å². The maximum Gasteiger partial charge on any atom is 0.281 e. The van der Waals surface area contributed by atoms with Crippen LogP contribution in [0.5, 0.6) is 5.75 Å². The van der Waals surface area contributed by atoms with Crippen LogP contribution in [0.2, 0.25) is 0 Å². The summed E-state index contributed by atoms with van der Waals surface area (Å²) in [5.41, 5.74) is 2.09. The van der Waals surface area contributed by atoms with Gasteiger partial charge in [0.05, 0.1) is 12.0 Å². The molecule has 4 nitrogen and oxygen atoms in total. The third-order valence-electron chi connectivity index (χ3n) is 4.37. The van der Waals surface area contributed by atoms with Crippen LogP contribution in [0.3, 0.4) is 0 Å². The summed E-state index contributed by atoms with van der Waals surface area (Å²) in [5.74, 6) is 0.609. The molecule has 0 fully saturated rings. The van der Waals surface area contributed by atoms with Crippen molar-refractivity contribution in [2.24, 2.45) is 4.15 Å². The minimum absolute atomic E-state index is 0.174. The van der Waals surface area contributed by atoms with Crippen molar-refractivity contribution in [3.05, 3.63) is 83.9 Å². The predicted molar refractivity (Wildman–Crippen MR) is 113 cm³/mol. The average Bonchev–Trinajstić information content (AvgIpc) is 2.67. The number of hydrogen-bond acceptors (Lipinski definition) is 3. The molecule has 0 heterocycles. The molecule has 0 aliphatic rings. The second-order valence-electron chi connectivity index (χ2n) is 6.22. The Bertz CT molecular complexity index is 1040. The van der Waals surface area contributed by atoms with Gasteiger partial charge in [0, 0.05) is 7.71 Å². The topological polar surface area (TPSA) is 55.7 Å². The standard InChI is InChI=1S/C21H22NO3PS/c1-16-8-4-6-10-20(16)26(21-11-7-5-9-17(21)2)22-27(23,24)19-14-12-18(25-3)13-15-19/h4-15,26H,1-3H3. The van der Waals surface area contributed by atoms with E-state index in [4.69, 9.17) is 4.74 Å². The molecule has 3 rings (SSSR count). The van der Waals surface area contributed by atoms with Crippen LogP contribution in [0.1, 0.15) is 11.1 Å². The molecule has 0 spiro atoms. The molecule has 0 saturated heterocycles. The van der Waals surface area contributed by atoms with Crippen molar-refractivity contribution in [1.29, 1.82) is 0 Å². The van der Waals surface area contributed by atoms with E-state index in [2.05, 4.69) is 4.15 Å². The summed E-state index contributed by atoms with van der Waals surface area (Å²) >= 11 is 0. The zero-order valence-electron chi connectivity index (χ0n) is 15.5. The van der Waals surface area contributed by atoms with Gasteiger partial charge in [-0.3, -0.25) is 0 Å². The molecule has 0 atom stereocenters. The van der Waals surface area contributed by atoms with E-state index in [1.165, 1.54) is 12.1 Å². The van der Waals surface area contributed by atoms with Gasteiger partial charge in [-0.05, 0) is 59.8 Å². The molecule has 0 radical (unpaired) electrons. The first-order chi connectivity index (χ1) is 12.9. The highest BCUT2D eigenvalue weighted by Gasteiger charge is 2.18. The summed E-state index contributed by atoms with van der Waals surface area (Å²) in [6.45, 7) is 3.99. The van der Waals surface area contributed by atoms with Crippen LogP contribution in [-0.2, 0) is 10.0 Å². The lowest BCUT2D eigenvalue weighted by molar-refractivity contribution is 0.414. The molecular formula is C21H22NO3PS. The van der Waals surface area contributed by atoms with Crippen LogP contribution in [0, 0.1) is 13.8 Å². The van der Waals surface area contributed by atoms with E-state index in [1.54, 1.807) is 19.2 Å². The van der Waals surface area contributed by atoms with E-state index < -0.39 is 17.7 Å². The summed E-state index contributed by atoms with van der Waals surface area (Å²) < 4.78 is 35.6. The average molecular weight is 399 g/mol. The number of benzene rings is 3. The van der Waals surface area contributed by atoms with Crippen LogP contribution in [0.25, 0.3) is 0 Å². The summed E-state index contributed by atoms with van der Waals surface area (Å²) in [6, 6.07) is 22.0. The fourth-order valence-electron chi connectivity index (χ4n) is 2.84. The first-order valence-electron chi connectivity index (χ1n) is 8.53. The van der Waals surface area contributed by atoms with Crippen LogP contribution in [-0.4, -0.2) is 15.5 Å². The van der Waals surface area contributed by atoms with Gasteiger partial charge < -0.3 is 4.74 Å². The molecule has 0 aliphatic heterocycles. The van der Waals surface area contributed by atoms with Gasteiger partial charge in [-0.2, -0.15) is 12.6 Å². The lowest BCUT2D eigenvalue weighted by atomic mass is 10.2. The second-order valence-corrected chi connectivity index (χ2v) is 10.1. The molecule has 3 aromatic rings. The zero-order valence-corrected chi connectivity index (χ0v) is 17.3. The molecule has 140 valence electrons. The first kappa shape index (κ1) is 19.4. The Kier molecular flexibility index (Phi) is 5.83. The maximum atomic E-state index is 13.0. The van der Waals surface area contributed by atoms with Gasteiger partial charge in [0.15, 0.2) is 0 Å². The number of nitrogens with zero attached hydrogens (tertiary/aromatic N) is 1. The Morgan fingerprint density at radius 3 is 1.70 bits per heavy atom. The normalized spacial score (nSPS) is 11.4. The number of rotatable bonds is 5. The highest BCUT2D eigenvalue weighted by Crippen LogP contribution is 2.32. The van der Waals surface area contributed by atoms with Gasteiger partial charge in [0.1, 0.15) is 5.75 Å². The molecule has 0 aliphatic carbocycles. The number of aryl methyl sites for hydroxylation is 2. The van der Waals surface area contributed by atoms with Crippen molar-refractivity contribution in [2.75, 3.05) is 7.11 Å². The molecular weight excluding hydrogens is 377 g/mol. The molecule has 0 aromatic heterocycles. The van der Waals surface area contributed by atoms with Gasteiger partial charge in [0.2, 0.25) is 0 Å². The van der Waals surface area contributed by atoms with Crippen molar-refractivity contribution < 1.29 is 13.2 Å². The Morgan fingerprint density at radius 2 is 1.26 bits per heavy atom. The zero-order chi connectivity index (χ0) is 19.4. The van der Waals surface area contributed by atoms with Crippen molar-refractivity contribution in [1.82, 2.24) is 0 Å². The van der Waals surface area contributed by atoms with E-state index in [9.17, 15) is 8.42 Å². The van der Waals surface area contributed by atoms with Crippen molar-refractivity contribution in [3.8, 4) is 5.75 Å². The number of hydrogen-bond donors (Lipinski definition) is 0. The predicted octanol–water partition coefficient (Wildman–Crippen LogP) is 4.05. The van der Waals surface area contributed by atoms with E-state index >= 15 is 0 Å². The summed E-state index contributed by atoms with van der Waals surface area (Å²) in [6.07, 6.45) is 0. The largest absolute Gasteiger partial charge is 0.497 e. The molecule has 27 heavy (non-hydrogen) atoms. The van der Waals surface area contributed by atoms with Crippen LogP contribution in [0.4, 0.5) is 0 Å². The molecule has 0 saturated carbocycles. The number of ether oxygens (including phenoxy) is 1. The first-order valence-corrected chi connectivity index (χ1v) is 11.4. The van der Waals surface area contributed by atoms with Gasteiger partial charge in [-0.1, -0.05) is 48.5 Å². The Hall–Kier alpha value is -2.36. The van der Waals surface area contributed by atoms with Crippen molar-refractivity contribution in [2.45, 2.75) is 18.7 Å². The fraction of sp³-hybridized carbons (Fsp3) is 0.143. The number of sulfonamides is 1. The molecule has 0 unspecified atom stereocenters. The maximum absolute atomic E-state index is 13.0. The van der Waals surface area contributed by atoms with Crippen LogP contribution in [0.15, 0.2) is 81.8 Å². The minimum Gasteiger partial charge on any atom is -0.497 e. The minimum atomic E-state index is -3.80. The second kappa shape index (κ2) is 8.12. The Labute approximate surface area is 161 Å². The fourth-order valence-corrected chi connectivity index (χ4v) is 7.20. The van der Waals surface area contributed by atoms with Crippen LogP contribution < -0.4 is 15.3 Å². The Balaban J connectivity index is 2.20. The lowest BCUT2D eigenvalue weighted by Gasteiger charge is -2.14. The third-order valence-corrected chi connectivity index (χ3v) is 9.07. The third kappa shape index (κ3) is 4.32. The van der Waals surface area contributed by atoms with Gasteiger partial charge >= 0.3 is 0 Å². The SMILES string of the molecule is COc1ccc(S(=O)(=O)N=[PH](c2ccccc2C)c2ccccc2C)cc1.